The van der Waals surface area contributed by atoms with E-state index in [-0.39, 0.29) is 17.5 Å². The fourth-order valence-corrected chi connectivity index (χ4v) is 1.67. The van der Waals surface area contributed by atoms with Gasteiger partial charge < -0.3 is 20.3 Å². The Morgan fingerprint density at radius 3 is 2.67 bits per heavy atom. The predicted molar refractivity (Wildman–Crippen MR) is 55.9 cm³/mol. The monoisotopic (exact) mass is 209 g/mol. The van der Waals surface area contributed by atoms with Crippen molar-refractivity contribution in [2.75, 3.05) is 13.2 Å². The van der Waals surface area contributed by atoms with Crippen LogP contribution in [-0.4, -0.2) is 29.5 Å². The molecular formula is C11H15NO3. The van der Waals surface area contributed by atoms with Gasteiger partial charge in [-0.15, -0.1) is 0 Å². The highest BCUT2D eigenvalue weighted by atomic mass is 16.5. The van der Waals surface area contributed by atoms with Crippen molar-refractivity contribution < 1.29 is 14.9 Å². The topological polar surface area (TPSA) is 61.7 Å². The first-order valence-electron chi connectivity index (χ1n) is 5.02. The molecule has 15 heavy (non-hydrogen) atoms. The average molecular weight is 209 g/mol. The zero-order valence-electron chi connectivity index (χ0n) is 8.60. The molecule has 0 amide bonds. The maximum Gasteiger partial charge on any atom is 0.124 e. The third-order valence-corrected chi connectivity index (χ3v) is 2.60. The van der Waals surface area contributed by atoms with E-state index in [9.17, 15) is 5.11 Å². The van der Waals surface area contributed by atoms with Gasteiger partial charge >= 0.3 is 0 Å². The fourth-order valence-electron chi connectivity index (χ4n) is 1.67. The van der Waals surface area contributed by atoms with Crippen molar-refractivity contribution in [1.29, 1.82) is 0 Å². The van der Waals surface area contributed by atoms with Gasteiger partial charge in [-0.05, 0) is 13.0 Å². The van der Waals surface area contributed by atoms with E-state index in [0.717, 1.165) is 18.8 Å². The Labute approximate surface area is 88.5 Å². The number of ether oxygens (including phenoxy) is 1. The average Bonchev–Trinajstić information content (AvgIpc) is 2.11. The lowest BCUT2D eigenvalue weighted by molar-refractivity contribution is -0.00934. The molecule has 3 N–H and O–H groups in total. The molecule has 0 aliphatic carbocycles. The van der Waals surface area contributed by atoms with E-state index < -0.39 is 0 Å². The highest BCUT2D eigenvalue weighted by Gasteiger charge is 2.21. The zero-order chi connectivity index (χ0) is 10.8. The Hall–Kier alpha value is -1.26. The smallest absolute Gasteiger partial charge is 0.124 e. The Kier molecular flexibility index (Phi) is 2.79. The van der Waals surface area contributed by atoms with E-state index in [0.29, 0.717) is 6.04 Å². The van der Waals surface area contributed by atoms with E-state index in [1.54, 1.807) is 12.1 Å². The number of phenolic OH excluding ortho intramolecular Hbond substituents is 2. The molecule has 4 nitrogen and oxygen atoms in total. The number of aromatic hydroxyl groups is 2. The standard InChI is InChI=1S/C11H15NO3/c1-7(12-8-5-15-6-8)10-3-2-9(13)4-11(10)14/h2-4,7-8,12-14H,5-6H2,1H3. The lowest BCUT2D eigenvalue weighted by Crippen LogP contribution is -2.46. The summed E-state index contributed by atoms with van der Waals surface area (Å²) < 4.78 is 5.06. The van der Waals surface area contributed by atoms with Crippen LogP contribution in [0.4, 0.5) is 0 Å². The highest BCUT2D eigenvalue weighted by molar-refractivity contribution is 5.40. The Balaban J connectivity index is 2.06. The molecule has 2 rings (SSSR count). The summed E-state index contributed by atoms with van der Waals surface area (Å²) >= 11 is 0. The summed E-state index contributed by atoms with van der Waals surface area (Å²) in [6.07, 6.45) is 0. The first kappa shape index (κ1) is 10.3. The van der Waals surface area contributed by atoms with Crippen LogP contribution >= 0.6 is 0 Å². The van der Waals surface area contributed by atoms with Gasteiger partial charge in [-0.2, -0.15) is 0 Å². The van der Waals surface area contributed by atoms with Crippen LogP contribution < -0.4 is 5.32 Å². The van der Waals surface area contributed by atoms with Crippen molar-refractivity contribution >= 4 is 0 Å². The Bertz CT molecular complexity index is 350. The zero-order valence-corrected chi connectivity index (χ0v) is 8.60. The van der Waals surface area contributed by atoms with Gasteiger partial charge in [0.15, 0.2) is 0 Å². The summed E-state index contributed by atoms with van der Waals surface area (Å²) in [4.78, 5) is 0. The van der Waals surface area contributed by atoms with Crippen LogP contribution in [0.1, 0.15) is 18.5 Å². The SMILES string of the molecule is CC(NC1COC1)c1ccc(O)cc1O. The lowest BCUT2D eigenvalue weighted by atomic mass is 10.1. The molecule has 1 unspecified atom stereocenters. The molecular weight excluding hydrogens is 194 g/mol. The third-order valence-electron chi connectivity index (χ3n) is 2.60. The number of hydrogen-bond acceptors (Lipinski definition) is 4. The molecule has 1 aromatic carbocycles. The lowest BCUT2D eigenvalue weighted by Gasteiger charge is -2.30. The summed E-state index contributed by atoms with van der Waals surface area (Å²) in [5.74, 6) is 0.200. The van der Waals surface area contributed by atoms with Crippen molar-refractivity contribution in [2.24, 2.45) is 0 Å². The van der Waals surface area contributed by atoms with Crippen LogP contribution in [0.25, 0.3) is 0 Å². The van der Waals surface area contributed by atoms with Gasteiger partial charge in [0.2, 0.25) is 0 Å². The third kappa shape index (κ3) is 2.22. The summed E-state index contributed by atoms with van der Waals surface area (Å²) in [5.41, 5.74) is 0.791. The maximum absolute atomic E-state index is 9.63. The number of nitrogens with one attached hydrogen (secondary N) is 1. The summed E-state index contributed by atoms with van der Waals surface area (Å²) in [7, 11) is 0. The number of phenols is 2. The van der Waals surface area contributed by atoms with Gasteiger partial charge in [0.05, 0.1) is 19.3 Å². The fraction of sp³-hybridized carbons (Fsp3) is 0.455. The van der Waals surface area contributed by atoms with E-state index in [1.165, 1.54) is 6.07 Å². The van der Waals surface area contributed by atoms with Gasteiger partial charge in [-0.1, -0.05) is 6.07 Å². The molecule has 1 saturated heterocycles. The van der Waals surface area contributed by atoms with Crippen molar-refractivity contribution in [2.45, 2.75) is 19.0 Å². The molecule has 1 heterocycles. The van der Waals surface area contributed by atoms with Gasteiger partial charge in [-0.25, -0.2) is 0 Å². The molecule has 1 aromatic rings. The molecule has 1 aliphatic heterocycles. The molecule has 1 atom stereocenters. The van der Waals surface area contributed by atoms with Crippen LogP contribution in [0, 0.1) is 0 Å². The molecule has 0 saturated carbocycles. The predicted octanol–water partition coefficient (Wildman–Crippen LogP) is 1.15. The van der Waals surface area contributed by atoms with E-state index in [1.807, 2.05) is 6.92 Å². The van der Waals surface area contributed by atoms with E-state index in [2.05, 4.69) is 5.32 Å². The molecule has 82 valence electrons. The molecule has 0 spiro atoms. The molecule has 1 aliphatic rings. The first-order chi connectivity index (χ1) is 7.16. The van der Waals surface area contributed by atoms with Crippen LogP contribution in [0.15, 0.2) is 18.2 Å². The van der Waals surface area contributed by atoms with Crippen LogP contribution in [0.3, 0.4) is 0 Å². The molecule has 0 aromatic heterocycles. The minimum Gasteiger partial charge on any atom is -0.508 e. The summed E-state index contributed by atoms with van der Waals surface area (Å²) in [6, 6.07) is 5.07. The largest absolute Gasteiger partial charge is 0.508 e. The van der Waals surface area contributed by atoms with Gasteiger partial charge in [-0.3, -0.25) is 0 Å². The highest BCUT2D eigenvalue weighted by Crippen LogP contribution is 2.28. The van der Waals surface area contributed by atoms with Crippen molar-refractivity contribution in [3.05, 3.63) is 23.8 Å². The summed E-state index contributed by atoms with van der Waals surface area (Å²) in [5, 5.41) is 22.1. The second-order valence-electron chi connectivity index (χ2n) is 3.87. The van der Waals surface area contributed by atoms with Crippen LogP contribution in [-0.2, 0) is 4.74 Å². The molecule has 0 radical (unpaired) electrons. The maximum atomic E-state index is 9.63. The normalized spacial score (nSPS) is 18.5. The minimum atomic E-state index is 0.0551. The van der Waals surface area contributed by atoms with Crippen molar-refractivity contribution in [3.63, 3.8) is 0 Å². The number of hydrogen-bond donors (Lipinski definition) is 3. The number of benzene rings is 1. The van der Waals surface area contributed by atoms with E-state index in [4.69, 9.17) is 9.84 Å². The van der Waals surface area contributed by atoms with Gasteiger partial charge in [0, 0.05) is 17.7 Å². The second-order valence-corrected chi connectivity index (χ2v) is 3.87. The molecule has 1 fully saturated rings. The van der Waals surface area contributed by atoms with Crippen LogP contribution in [0.5, 0.6) is 11.5 Å². The molecule has 0 bridgehead atoms. The first-order valence-corrected chi connectivity index (χ1v) is 5.02. The Morgan fingerprint density at radius 2 is 2.13 bits per heavy atom. The van der Waals surface area contributed by atoms with Gasteiger partial charge in [0.1, 0.15) is 11.5 Å². The second kappa shape index (κ2) is 4.08. The molecule has 4 heteroatoms. The van der Waals surface area contributed by atoms with Crippen molar-refractivity contribution in [1.82, 2.24) is 5.32 Å². The van der Waals surface area contributed by atoms with Crippen LogP contribution in [0.2, 0.25) is 0 Å². The van der Waals surface area contributed by atoms with Crippen molar-refractivity contribution in [3.8, 4) is 11.5 Å². The summed E-state index contributed by atoms with van der Waals surface area (Å²) in [6.45, 7) is 3.43. The minimum absolute atomic E-state index is 0.0551. The quantitative estimate of drug-likeness (QED) is 0.698. The number of rotatable bonds is 3. The van der Waals surface area contributed by atoms with E-state index >= 15 is 0 Å². The Morgan fingerprint density at radius 1 is 1.40 bits per heavy atom. The van der Waals surface area contributed by atoms with Gasteiger partial charge in [0.25, 0.3) is 0 Å².